The minimum atomic E-state index is -0.940. The van der Waals surface area contributed by atoms with Crippen LogP contribution in [0.25, 0.3) is 0 Å². The SMILES string of the molecule is CC(C)(O)C(C)(C)OBc1ccc(OCCF)nc1. The van der Waals surface area contributed by atoms with Crippen LogP contribution in [0.1, 0.15) is 27.7 Å². The predicted molar refractivity (Wildman–Crippen MR) is 74.0 cm³/mol. The van der Waals surface area contributed by atoms with Gasteiger partial charge in [0.2, 0.25) is 5.88 Å². The number of hydrogen-bond donors (Lipinski definition) is 1. The van der Waals surface area contributed by atoms with Crippen LogP contribution in [0.3, 0.4) is 0 Å². The van der Waals surface area contributed by atoms with E-state index in [0.29, 0.717) is 13.4 Å². The summed E-state index contributed by atoms with van der Waals surface area (Å²) >= 11 is 0. The van der Waals surface area contributed by atoms with Gasteiger partial charge in [-0.2, -0.15) is 0 Å². The first kappa shape index (κ1) is 15.9. The van der Waals surface area contributed by atoms with Gasteiger partial charge in [-0.1, -0.05) is 6.07 Å². The first-order chi connectivity index (χ1) is 8.76. The van der Waals surface area contributed by atoms with Crippen LogP contribution in [-0.4, -0.2) is 42.1 Å². The molecule has 0 aromatic carbocycles. The second-order valence-electron chi connectivity index (χ2n) is 5.40. The first-order valence-electron chi connectivity index (χ1n) is 6.26. The Balaban J connectivity index is 2.55. The van der Waals surface area contributed by atoms with Gasteiger partial charge in [0.25, 0.3) is 0 Å². The van der Waals surface area contributed by atoms with Gasteiger partial charge in [-0.15, -0.1) is 0 Å². The zero-order valence-corrected chi connectivity index (χ0v) is 11.9. The van der Waals surface area contributed by atoms with Crippen LogP contribution in [0.2, 0.25) is 0 Å². The second-order valence-corrected chi connectivity index (χ2v) is 5.40. The third kappa shape index (κ3) is 4.80. The fourth-order valence-corrected chi connectivity index (χ4v) is 1.17. The number of hydrogen-bond acceptors (Lipinski definition) is 4. The molecule has 1 heterocycles. The molecule has 0 spiro atoms. The van der Waals surface area contributed by atoms with Gasteiger partial charge >= 0.3 is 7.48 Å². The highest BCUT2D eigenvalue weighted by Gasteiger charge is 2.35. The van der Waals surface area contributed by atoms with E-state index < -0.39 is 17.9 Å². The second kappa shape index (κ2) is 6.35. The summed E-state index contributed by atoms with van der Waals surface area (Å²) in [6, 6.07) is 3.48. The number of aromatic nitrogens is 1. The van der Waals surface area contributed by atoms with Crippen molar-refractivity contribution in [3.8, 4) is 5.88 Å². The molecule has 0 bridgehead atoms. The number of rotatable bonds is 7. The third-order valence-electron chi connectivity index (χ3n) is 3.20. The zero-order valence-electron chi connectivity index (χ0n) is 11.9. The van der Waals surface area contributed by atoms with Crippen molar-refractivity contribution in [2.45, 2.75) is 38.9 Å². The molecule has 0 aliphatic heterocycles. The van der Waals surface area contributed by atoms with Gasteiger partial charge in [-0.05, 0) is 39.2 Å². The van der Waals surface area contributed by atoms with Crippen LogP contribution in [0.15, 0.2) is 18.3 Å². The smallest absolute Gasteiger partial charge is 0.311 e. The molecule has 1 N–H and O–H groups in total. The van der Waals surface area contributed by atoms with E-state index in [2.05, 4.69) is 4.98 Å². The van der Waals surface area contributed by atoms with Gasteiger partial charge in [0.05, 0.1) is 11.2 Å². The Kier molecular flexibility index (Phi) is 5.32. The highest BCUT2D eigenvalue weighted by Crippen LogP contribution is 2.24. The monoisotopic (exact) mass is 269 g/mol. The predicted octanol–water partition coefficient (Wildman–Crippen LogP) is 0.973. The van der Waals surface area contributed by atoms with Gasteiger partial charge in [-0.3, -0.25) is 0 Å². The molecule has 1 aromatic heterocycles. The summed E-state index contributed by atoms with van der Waals surface area (Å²) in [4.78, 5) is 4.05. The number of alkyl halides is 1. The summed E-state index contributed by atoms with van der Waals surface area (Å²) in [7, 11) is 0.341. The fourth-order valence-electron chi connectivity index (χ4n) is 1.17. The van der Waals surface area contributed by atoms with Crippen molar-refractivity contribution in [2.24, 2.45) is 0 Å². The number of halogens is 1. The minimum Gasteiger partial charge on any atom is -0.475 e. The molecule has 4 nitrogen and oxygen atoms in total. The standard InChI is InChI=1S/C13H21BFNO3/c1-12(2,17)13(3,4)19-14-10-5-6-11(16-9-10)18-8-7-15/h5-6,9,14,17H,7-8H2,1-4H3. The summed E-state index contributed by atoms with van der Waals surface area (Å²) < 4.78 is 22.7. The molecule has 0 radical (unpaired) electrons. The van der Waals surface area contributed by atoms with Crippen LogP contribution < -0.4 is 10.2 Å². The summed E-state index contributed by atoms with van der Waals surface area (Å²) in [5.74, 6) is 0.392. The Hall–Kier alpha value is -1.14. The van der Waals surface area contributed by atoms with E-state index in [4.69, 9.17) is 9.39 Å². The highest BCUT2D eigenvalue weighted by molar-refractivity contribution is 6.46. The van der Waals surface area contributed by atoms with Gasteiger partial charge in [0, 0.05) is 6.20 Å². The Bertz CT molecular complexity index is 390. The maximum absolute atomic E-state index is 11.9. The van der Waals surface area contributed by atoms with Crippen molar-refractivity contribution in [2.75, 3.05) is 13.3 Å². The largest absolute Gasteiger partial charge is 0.475 e. The van der Waals surface area contributed by atoms with Crippen LogP contribution in [0, 0.1) is 0 Å². The molecule has 1 aromatic rings. The minimum absolute atomic E-state index is 0.00851. The van der Waals surface area contributed by atoms with Crippen molar-refractivity contribution in [1.29, 1.82) is 0 Å². The number of ether oxygens (including phenoxy) is 1. The number of nitrogens with zero attached hydrogens (tertiary/aromatic N) is 1. The molecule has 0 atom stereocenters. The lowest BCUT2D eigenvalue weighted by Gasteiger charge is -2.37. The van der Waals surface area contributed by atoms with Gasteiger partial charge in [-0.25, -0.2) is 9.37 Å². The highest BCUT2D eigenvalue weighted by atomic mass is 19.1. The van der Waals surface area contributed by atoms with E-state index in [1.807, 2.05) is 13.8 Å². The Labute approximate surface area is 114 Å². The third-order valence-corrected chi connectivity index (χ3v) is 3.20. The summed E-state index contributed by atoms with van der Waals surface area (Å²) in [6.45, 7) is 6.55. The molecule has 0 aliphatic rings. The topological polar surface area (TPSA) is 51.6 Å². The Morgan fingerprint density at radius 2 is 2.00 bits per heavy atom. The lowest BCUT2D eigenvalue weighted by atomic mass is 9.83. The molecule has 1 rings (SSSR count). The van der Waals surface area contributed by atoms with E-state index in [9.17, 15) is 9.50 Å². The average Bonchev–Trinajstić information content (AvgIpc) is 2.34. The lowest BCUT2D eigenvalue weighted by molar-refractivity contribution is -0.0893. The molecule has 0 amide bonds. The molecule has 19 heavy (non-hydrogen) atoms. The molecular weight excluding hydrogens is 248 g/mol. The Morgan fingerprint density at radius 1 is 1.32 bits per heavy atom. The maximum atomic E-state index is 11.9. The quantitative estimate of drug-likeness (QED) is 0.749. The molecule has 0 unspecified atom stereocenters. The number of pyridine rings is 1. The maximum Gasteiger partial charge on any atom is 0.311 e. The van der Waals surface area contributed by atoms with Crippen molar-refractivity contribution in [3.05, 3.63) is 18.3 Å². The van der Waals surface area contributed by atoms with Crippen molar-refractivity contribution in [1.82, 2.24) is 4.98 Å². The summed E-state index contributed by atoms with van der Waals surface area (Å²) in [5, 5.41) is 9.97. The van der Waals surface area contributed by atoms with E-state index in [-0.39, 0.29) is 6.61 Å². The number of aliphatic hydroxyl groups is 1. The van der Waals surface area contributed by atoms with Crippen LogP contribution in [0.5, 0.6) is 5.88 Å². The molecule has 0 fully saturated rings. The zero-order chi connectivity index (χ0) is 14.5. The average molecular weight is 269 g/mol. The van der Waals surface area contributed by atoms with Crippen molar-refractivity contribution in [3.63, 3.8) is 0 Å². The Morgan fingerprint density at radius 3 is 2.47 bits per heavy atom. The molecule has 0 saturated carbocycles. The van der Waals surface area contributed by atoms with Crippen LogP contribution in [-0.2, 0) is 4.65 Å². The molecule has 0 aliphatic carbocycles. The normalized spacial score (nSPS) is 12.3. The van der Waals surface area contributed by atoms with Gasteiger partial charge in [0.15, 0.2) is 0 Å². The fraction of sp³-hybridized carbons (Fsp3) is 0.615. The lowest BCUT2D eigenvalue weighted by Crippen LogP contribution is -2.49. The van der Waals surface area contributed by atoms with E-state index in [1.165, 1.54) is 0 Å². The van der Waals surface area contributed by atoms with Crippen LogP contribution in [0.4, 0.5) is 4.39 Å². The summed E-state index contributed by atoms with van der Waals surface area (Å²) in [5.41, 5.74) is -0.744. The van der Waals surface area contributed by atoms with Crippen LogP contribution >= 0.6 is 0 Å². The van der Waals surface area contributed by atoms with Gasteiger partial charge in [0.1, 0.15) is 13.3 Å². The van der Waals surface area contributed by atoms with E-state index in [0.717, 1.165) is 5.46 Å². The molecule has 6 heteroatoms. The van der Waals surface area contributed by atoms with E-state index in [1.54, 1.807) is 32.2 Å². The van der Waals surface area contributed by atoms with E-state index >= 15 is 0 Å². The van der Waals surface area contributed by atoms with Crippen molar-refractivity contribution >= 4 is 12.9 Å². The molecular formula is C13H21BFNO3. The first-order valence-corrected chi connectivity index (χ1v) is 6.26. The molecule has 106 valence electrons. The van der Waals surface area contributed by atoms with Crippen molar-refractivity contribution < 1.29 is 18.9 Å². The van der Waals surface area contributed by atoms with Gasteiger partial charge < -0.3 is 14.5 Å². The summed E-state index contributed by atoms with van der Waals surface area (Å²) in [6.07, 6.45) is 1.62. The molecule has 0 saturated heterocycles.